The van der Waals surface area contributed by atoms with Crippen molar-refractivity contribution in [2.75, 3.05) is 0 Å². The van der Waals surface area contributed by atoms with Crippen molar-refractivity contribution in [1.29, 1.82) is 0 Å². The summed E-state index contributed by atoms with van der Waals surface area (Å²) in [6.07, 6.45) is 5.27. The molecular formula is C7H9Br. The van der Waals surface area contributed by atoms with Crippen LogP contribution in [0.15, 0.2) is 0 Å². The first-order valence-electron chi connectivity index (χ1n) is 2.74. The van der Waals surface area contributed by atoms with Gasteiger partial charge >= 0.3 is 0 Å². The van der Waals surface area contributed by atoms with Crippen molar-refractivity contribution in [3.63, 3.8) is 0 Å². The third-order valence-electron chi connectivity index (χ3n) is 2.16. The Hall–Kier alpha value is 0.0400. The normalized spacial score (nSPS) is 52.8. The van der Waals surface area contributed by atoms with Gasteiger partial charge in [0.25, 0.3) is 0 Å². The standard InChI is InChI=1S/C7H9Br/c1-4-7(3)5(2)6(7)8/h1,5-6H,2-3H3/t5-,6?,7+/m0/s1. The van der Waals surface area contributed by atoms with Gasteiger partial charge in [0, 0.05) is 10.2 Å². The lowest BCUT2D eigenvalue weighted by Crippen LogP contribution is -1.91. The molecule has 0 aliphatic heterocycles. The van der Waals surface area contributed by atoms with Gasteiger partial charge in [0.05, 0.1) is 0 Å². The van der Waals surface area contributed by atoms with Crippen molar-refractivity contribution in [3.05, 3.63) is 0 Å². The van der Waals surface area contributed by atoms with Crippen LogP contribution in [-0.2, 0) is 0 Å². The second-order valence-corrected chi connectivity index (χ2v) is 3.60. The summed E-state index contributed by atoms with van der Waals surface area (Å²) in [4.78, 5) is 0.556. The van der Waals surface area contributed by atoms with E-state index in [1.807, 2.05) is 0 Å². The van der Waals surface area contributed by atoms with Gasteiger partial charge in [-0.3, -0.25) is 0 Å². The SMILES string of the molecule is C#C[C@@]1(C)C(Br)[C@@H]1C. The maximum atomic E-state index is 5.27. The smallest absolute Gasteiger partial charge is 0.0448 e. The highest BCUT2D eigenvalue weighted by Crippen LogP contribution is 2.56. The zero-order valence-corrected chi connectivity index (χ0v) is 6.70. The first-order chi connectivity index (χ1) is 3.63. The summed E-state index contributed by atoms with van der Waals surface area (Å²) in [6.45, 7) is 4.27. The fraction of sp³-hybridized carbons (Fsp3) is 0.714. The number of alkyl halides is 1. The van der Waals surface area contributed by atoms with Crippen molar-refractivity contribution >= 4 is 15.9 Å². The first-order valence-corrected chi connectivity index (χ1v) is 3.66. The van der Waals surface area contributed by atoms with E-state index in [1.54, 1.807) is 0 Å². The zero-order chi connectivity index (χ0) is 6.36. The molecule has 0 N–H and O–H groups in total. The van der Waals surface area contributed by atoms with Gasteiger partial charge < -0.3 is 0 Å². The first kappa shape index (κ1) is 6.16. The molecular weight excluding hydrogens is 164 g/mol. The Morgan fingerprint density at radius 2 is 2.12 bits per heavy atom. The minimum Gasteiger partial charge on any atom is -0.119 e. The molecule has 0 amide bonds. The highest BCUT2D eigenvalue weighted by Gasteiger charge is 2.55. The topological polar surface area (TPSA) is 0 Å². The summed E-state index contributed by atoms with van der Waals surface area (Å²) in [7, 11) is 0. The van der Waals surface area contributed by atoms with Gasteiger partial charge in [0.15, 0.2) is 0 Å². The molecule has 0 nitrogen and oxygen atoms in total. The summed E-state index contributed by atoms with van der Waals surface area (Å²) in [5, 5.41) is 0. The Bertz CT molecular complexity index is 135. The molecule has 0 heterocycles. The number of halogens is 1. The third-order valence-corrected chi connectivity index (χ3v) is 3.90. The van der Waals surface area contributed by atoms with E-state index in [-0.39, 0.29) is 5.41 Å². The van der Waals surface area contributed by atoms with Gasteiger partial charge in [-0.05, 0) is 12.8 Å². The molecule has 3 atom stereocenters. The molecule has 0 aromatic carbocycles. The van der Waals surface area contributed by atoms with Crippen molar-refractivity contribution in [2.45, 2.75) is 18.7 Å². The van der Waals surface area contributed by atoms with E-state index in [1.165, 1.54) is 0 Å². The van der Waals surface area contributed by atoms with E-state index in [4.69, 9.17) is 6.42 Å². The molecule has 1 aliphatic rings. The van der Waals surface area contributed by atoms with Crippen molar-refractivity contribution < 1.29 is 0 Å². The molecule has 1 unspecified atom stereocenters. The lowest BCUT2D eigenvalue weighted by Gasteiger charge is -1.93. The van der Waals surface area contributed by atoms with Crippen LogP contribution in [0.2, 0.25) is 0 Å². The van der Waals surface area contributed by atoms with Crippen LogP contribution < -0.4 is 0 Å². The Morgan fingerprint density at radius 3 is 2.12 bits per heavy atom. The summed E-state index contributed by atoms with van der Waals surface area (Å²) < 4.78 is 0. The van der Waals surface area contributed by atoms with Gasteiger partial charge in [-0.25, -0.2) is 0 Å². The van der Waals surface area contributed by atoms with Crippen LogP contribution in [0.5, 0.6) is 0 Å². The quantitative estimate of drug-likeness (QED) is 0.388. The van der Waals surface area contributed by atoms with E-state index in [0.717, 1.165) is 0 Å². The molecule has 44 valence electrons. The van der Waals surface area contributed by atoms with Gasteiger partial charge in [-0.1, -0.05) is 28.8 Å². The van der Waals surface area contributed by atoms with Crippen LogP contribution in [-0.4, -0.2) is 4.83 Å². The predicted octanol–water partition coefficient (Wildman–Crippen LogP) is 2.04. The minimum absolute atomic E-state index is 0.153. The Kier molecular flexibility index (Phi) is 1.16. The predicted molar refractivity (Wildman–Crippen MR) is 38.8 cm³/mol. The molecule has 0 bridgehead atoms. The van der Waals surface area contributed by atoms with E-state index >= 15 is 0 Å². The maximum Gasteiger partial charge on any atom is 0.0448 e. The molecule has 0 saturated heterocycles. The van der Waals surface area contributed by atoms with Gasteiger partial charge in [0.1, 0.15) is 0 Å². The summed E-state index contributed by atoms with van der Waals surface area (Å²) in [5.74, 6) is 3.43. The lowest BCUT2D eigenvalue weighted by atomic mass is 10.1. The van der Waals surface area contributed by atoms with Crippen molar-refractivity contribution in [1.82, 2.24) is 0 Å². The number of rotatable bonds is 0. The van der Waals surface area contributed by atoms with Gasteiger partial charge in [0.2, 0.25) is 0 Å². The van der Waals surface area contributed by atoms with Crippen LogP contribution in [0, 0.1) is 23.7 Å². The average Bonchev–Trinajstić information content (AvgIpc) is 2.22. The largest absolute Gasteiger partial charge is 0.119 e. The van der Waals surface area contributed by atoms with Crippen LogP contribution >= 0.6 is 15.9 Å². The van der Waals surface area contributed by atoms with Crippen molar-refractivity contribution in [3.8, 4) is 12.3 Å². The molecule has 1 heteroatoms. The van der Waals surface area contributed by atoms with Crippen LogP contribution in [0.3, 0.4) is 0 Å². The third kappa shape index (κ3) is 0.528. The van der Waals surface area contributed by atoms with Gasteiger partial charge in [-0.15, -0.1) is 6.42 Å². The maximum absolute atomic E-state index is 5.27. The number of terminal acetylenes is 1. The molecule has 1 aliphatic carbocycles. The van der Waals surface area contributed by atoms with Gasteiger partial charge in [-0.2, -0.15) is 0 Å². The fourth-order valence-corrected chi connectivity index (χ4v) is 1.82. The second kappa shape index (κ2) is 1.51. The van der Waals surface area contributed by atoms with Crippen molar-refractivity contribution in [2.24, 2.45) is 11.3 Å². The highest BCUT2D eigenvalue weighted by molar-refractivity contribution is 9.09. The Morgan fingerprint density at radius 1 is 1.75 bits per heavy atom. The molecule has 0 radical (unpaired) electrons. The molecule has 8 heavy (non-hydrogen) atoms. The summed E-state index contributed by atoms with van der Waals surface area (Å²) in [5.41, 5.74) is 0.153. The molecule has 1 fully saturated rings. The molecule has 0 aromatic rings. The summed E-state index contributed by atoms with van der Waals surface area (Å²) >= 11 is 3.49. The summed E-state index contributed by atoms with van der Waals surface area (Å²) in [6, 6.07) is 0. The fourth-order valence-electron chi connectivity index (χ4n) is 0.876. The molecule has 0 aromatic heterocycles. The Balaban J connectivity index is 2.67. The van der Waals surface area contributed by atoms with Crippen LogP contribution in [0.4, 0.5) is 0 Å². The average molecular weight is 173 g/mol. The van der Waals surface area contributed by atoms with E-state index in [2.05, 4.69) is 35.7 Å². The Labute approximate surface area is 58.8 Å². The molecule has 1 saturated carbocycles. The number of hydrogen-bond donors (Lipinski definition) is 0. The molecule has 0 spiro atoms. The lowest BCUT2D eigenvalue weighted by molar-refractivity contribution is 0.693. The van der Waals surface area contributed by atoms with E-state index in [9.17, 15) is 0 Å². The zero-order valence-electron chi connectivity index (χ0n) is 5.11. The minimum atomic E-state index is 0.153. The van der Waals surface area contributed by atoms with Crippen LogP contribution in [0.1, 0.15) is 13.8 Å². The number of hydrogen-bond acceptors (Lipinski definition) is 0. The second-order valence-electron chi connectivity index (χ2n) is 2.62. The van der Waals surface area contributed by atoms with E-state index < -0.39 is 0 Å². The van der Waals surface area contributed by atoms with Crippen LogP contribution in [0.25, 0.3) is 0 Å². The molecule has 1 rings (SSSR count). The monoisotopic (exact) mass is 172 g/mol. The van der Waals surface area contributed by atoms with E-state index in [0.29, 0.717) is 10.7 Å². The highest BCUT2D eigenvalue weighted by atomic mass is 79.9.